The number of carbonyl (C=O) groups excluding carboxylic acids is 1. The van der Waals surface area contributed by atoms with Crippen molar-refractivity contribution in [2.45, 2.75) is 24.3 Å². The first-order valence-electron chi connectivity index (χ1n) is 6.94. The van der Waals surface area contributed by atoms with E-state index >= 15 is 0 Å². The van der Waals surface area contributed by atoms with Crippen LogP contribution >= 0.6 is 11.8 Å². The minimum absolute atomic E-state index is 0.106. The van der Waals surface area contributed by atoms with Crippen molar-refractivity contribution in [2.75, 3.05) is 5.75 Å². The summed E-state index contributed by atoms with van der Waals surface area (Å²) in [7, 11) is 0. The Morgan fingerprint density at radius 3 is 2.90 bits per heavy atom. The van der Waals surface area contributed by atoms with Crippen molar-refractivity contribution in [3.05, 3.63) is 65.0 Å². The van der Waals surface area contributed by atoms with Crippen LogP contribution in [0.5, 0.6) is 0 Å². The number of rotatable bonds is 2. The Bertz CT molecular complexity index is 686. The average molecular weight is 301 g/mol. The van der Waals surface area contributed by atoms with Crippen LogP contribution in [0, 0.1) is 12.7 Å². The van der Waals surface area contributed by atoms with E-state index in [1.165, 1.54) is 17.8 Å². The fourth-order valence-electron chi connectivity index (χ4n) is 2.56. The Morgan fingerprint density at radius 1 is 1.29 bits per heavy atom. The monoisotopic (exact) mass is 301 g/mol. The summed E-state index contributed by atoms with van der Waals surface area (Å²) in [6.45, 7) is 1.96. The molecule has 21 heavy (non-hydrogen) atoms. The van der Waals surface area contributed by atoms with Crippen LogP contribution in [-0.4, -0.2) is 11.7 Å². The lowest BCUT2D eigenvalue weighted by molar-refractivity contribution is 0.0934. The van der Waals surface area contributed by atoms with Gasteiger partial charge in [0.25, 0.3) is 5.91 Å². The molecule has 0 aromatic heterocycles. The third-order valence-electron chi connectivity index (χ3n) is 3.61. The Balaban J connectivity index is 1.84. The van der Waals surface area contributed by atoms with E-state index in [0.717, 1.165) is 23.3 Å². The van der Waals surface area contributed by atoms with Crippen molar-refractivity contribution in [3.63, 3.8) is 0 Å². The van der Waals surface area contributed by atoms with Gasteiger partial charge < -0.3 is 5.32 Å². The molecule has 0 fully saturated rings. The number of thioether (sulfide) groups is 1. The highest BCUT2D eigenvalue weighted by molar-refractivity contribution is 7.99. The molecule has 1 heterocycles. The largest absolute Gasteiger partial charge is 0.345 e. The van der Waals surface area contributed by atoms with Crippen molar-refractivity contribution in [1.29, 1.82) is 0 Å². The number of fused-ring (bicyclic) bond motifs is 1. The molecule has 0 unspecified atom stereocenters. The second-order valence-electron chi connectivity index (χ2n) is 5.19. The van der Waals surface area contributed by atoms with Crippen LogP contribution in [0.25, 0.3) is 0 Å². The van der Waals surface area contributed by atoms with Gasteiger partial charge in [-0.05, 0) is 37.1 Å². The van der Waals surface area contributed by atoms with Crippen molar-refractivity contribution >= 4 is 17.7 Å². The second-order valence-corrected chi connectivity index (χ2v) is 6.30. The number of halogens is 1. The normalized spacial score (nSPS) is 17.1. The van der Waals surface area contributed by atoms with Crippen LogP contribution < -0.4 is 5.32 Å². The van der Waals surface area contributed by atoms with Crippen molar-refractivity contribution < 1.29 is 9.18 Å². The third-order valence-corrected chi connectivity index (χ3v) is 4.77. The van der Waals surface area contributed by atoms with Crippen molar-refractivity contribution in [2.24, 2.45) is 0 Å². The van der Waals surface area contributed by atoms with Gasteiger partial charge in [0.2, 0.25) is 0 Å². The summed E-state index contributed by atoms with van der Waals surface area (Å²) < 4.78 is 13.8. The van der Waals surface area contributed by atoms with Gasteiger partial charge in [-0.3, -0.25) is 4.79 Å². The smallest absolute Gasteiger partial charge is 0.251 e. The van der Waals surface area contributed by atoms with Gasteiger partial charge in [0.1, 0.15) is 5.82 Å². The molecule has 0 radical (unpaired) electrons. The molecule has 1 aliphatic heterocycles. The minimum Gasteiger partial charge on any atom is -0.345 e. The van der Waals surface area contributed by atoms with E-state index in [1.807, 2.05) is 31.2 Å². The standard InChI is InChI=1S/C17H16FNOS/c1-11-4-2-5-12(10-11)17(20)19-15-8-9-21-16-13(15)6-3-7-14(16)18/h2-7,10,15H,8-9H2,1H3,(H,19,20)/t15-/m1/s1. The Kier molecular flexibility index (Phi) is 3.97. The molecule has 0 saturated carbocycles. The van der Waals surface area contributed by atoms with Crippen molar-refractivity contribution in [1.82, 2.24) is 5.32 Å². The Morgan fingerprint density at radius 2 is 2.10 bits per heavy atom. The van der Waals surface area contributed by atoms with E-state index < -0.39 is 0 Å². The van der Waals surface area contributed by atoms with E-state index in [2.05, 4.69) is 5.32 Å². The van der Waals surface area contributed by atoms with Gasteiger partial charge >= 0.3 is 0 Å². The molecule has 2 nitrogen and oxygen atoms in total. The summed E-state index contributed by atoms with van der Waals surface area (Å²) in [4.78, 5) is 13.0. The Labute approximate surface area is 127 Å². The highest BCUT2D eigenvalue weighted by Gasteiger charge is 2.24. The zero-order valence-electron chi connectivity index (χ0n) is 11.7. The van der Waals surface area contributed by atoms with Gasteiger partial charge in [0.15, 0.2) is 0 Å². The van der Waals surface area contributed by atoms with E-state index in [1.54, 1.807) is 12.1 Å². The number of nitrogens with one attached hydrogen (secondary N) is 1. The molecule has 1 aliphatic rings. The van der Waals surface area contributed by atoms with Crippen LogP contribution in [0.3, 0.4) is 0 Å². The second kappa shape index (κ2) is 5.90. The van der Waals surface area contributed by atoms with Crippen LogP contribution in [0.15, 0.2) is 47.4 Å². The van der Waals surface area contributed by atoms with E-state index in [0.29, 0.717) is 10.5 Å². The molecular weight excluding hydrogens is 285 g/mol. The fourth-order valence-corrected chi connectivity index (χ4v) is 3.70. The number of aryl methyl sites for hydroxylation is 1. The van der Waals surface area contributed by atoms with Gasteiger partial charge in [-0.2, -0.15) is 0 Å². The van der Waals surface area contributed by atoms with Crippen LogP contribution in [0.4, 0.5) is 4.39 Å². The summed E-state index contributed by atoms with van der Waals surface area (Å²) in [5, 5.41) is 3.03. The predicted molar refractivity (Wildman–Crippen MR) is 83.1 cm³/mol. The molecule has 108 valence electrons. The predicted octanol–water partition coefficient (Wildman–Crippen LogP) is 4.10. The van der Waals surface area contributed by atoms with E-state index in [4.69, 9.17) is 0 Å². The van der Waals surface area contributed by atoms with Gasteiger partial charge in [0, 0.05) is 16.2 Å². The maximum atomic E-state index is 13.8. The molecule has 0 aliphatic carbocycles. The van der Waals surface area contributed by atoms with Gasteiger partial charge in [-0.1, -0.05) is 29.8 Å². The molecule has 0 saturated heterocycles. The lowest BCUT2D eigenvalue weighted by Crippen LogP contribution is -2.30. The zero-order chi connectivity index (χ0) is 14.8. The van der Waals surface area contributed by atoms with E-state index in [9.17, 15) is 9.18 Å². The molecule has 1 N–H and O–H groups in total. The average Bonchev–Trinajstić information content (AvgIpc) is 2.48. The molecule has 1 atom stereocenters. The van der Waals surface area contributed by atoms with Gasteiger partial charge in [-0.25, -0.2) is 4.39 Å². The summed E-state index contributed by atoms with van der Waals surface area (Å²) in [6, 6.07) is 12.4. The van der Waals surface area contributed by atoms with Gasteiger partial charge in [-0.15, -0.1) is 11.8 Å². The summed E-state index contributed by atoms with van der Waals surface area (Å²) in [5.41, 5.74) is 2.58. The first-order chi connectivity index (χ1) is 10.1. The van der Waals surface area contributed by atoms with Gasteiger partial charge in [0.05, 0.1) is 6.04 Å². The summed E-state index contributed by atoms with van der Waals surface area (Å²) in [6.07, 6.45) is 0.818. The maximum Gasteiger partial charge on any atom is 0.251 e. The molecule has 2 aromatic carbocycles. The first-order valence-corrected chi connectivity index (χ1v) is 7.92. The highest BCUT2D eigenvalue weighted by Crippen LogP contribution is 2.37. The summed E-state index contributed by atoms with van der Waals surface area (Å²) >= 11 is 1.52. The molecule has 3 rings (SSSR count). The maximum absolute atomic E-state index is 13.8. The third kappa shape index (κ3) is 2.95. The SMILES string of the molecule is Cc1cccc(C(=O)N[C@@H]2CCSc3c(F)cccc32)c1. The lowest BCUT2D eigenvalue weighted by Gasteiger charge is -2.26. The molecule has 1 amide bonds. The molecule has 0 bridgehead atoms. The van der Waals surface area contributed by atoms with E-state index in [-0.39, 0.29) is 17.8 Å². The number of hydrogen-bond acceptors (Lipinski definition) is 2. The molecule has 2 aromatic rings. The quantitative estimate of drug-likeness (QED) is 0.904. The van der Waals surface area contributed by atoms with Crippen LogP contribution in [-0.2, 0) is 0 Å². The topological polar surface area (TPSA) is 29.1 Å². The zero-order valence-corrected chi connectivity index (χ0v) is 12.5. The molecule has 4 heteroatoms. The minimum atomic E-state index is -0.202. The highest BCUT2D eigenvalue weighted by atomic mass is 32.2. The number of benzene rings is 2. The first kappa shape index (κ1) is 14.1. The van der Waals surface area contributed by atoms with Crippen LogP contribution in [0.1, 0.15) is 33.9 Å². The fraction of sp³-hybridized carbons (Fsp3) is 0.235. The summed E-state index contributed by atoms with van der Waals surface area (Å²) in [5.74, 6) is 0.505. The van der Waals surface area contributed by atoms with Crippen molar-refractivity contribution in [3.8, 4) is 0 Å². The number of carbonyl (C=O) groups is 1. The lowest BCUT2D eigenvalue weighted by atomic mass is 10.0. The molecular formula is C17H16FNOS. The Hall–Kier alpha value is -1.81. The molecule has 0 spiro atoms. The number of amides is 1. The van der Waals surface area contributed by atoms with Crippen LogP contribution in [0.2, 0.25) is 0 Å². The number of hydrogen-bond donors (Lipinski definition) is 1.